The molecule has 0 radical (unpaired) electrons. The van der Waals surface area contributed by atoms with Crippen molar-refractivity contribution in [3.8, 4) is 0 Å². The fourth-order valence-electron chi connectivity index (χ4n) is 3.04. The minimum atomic E-state index is 0.0128. The van der Waals surface area contributed by atoms with Crippen molar-refractivity contribution in [2.45, 2.75) is 52.0 Å². The molecule has 5 heteroatoms. The Balaban J connectivity index is 1.90. The van der Waals surface area contributed by atoms with Crippen molar-refractivity contribution < 1.29 is 0 Å². The molecule has 1 aromatic heterocycles. The van der Waals surface area contributed by atoms with Crippen molar-refractivity contribution in [1.82, 2.24) is 9.97 Å². The van der Waals surface area contributed by atoms with E-state index in [1.807, 2.05) is 0 Å². The van der Waals surface area contributed by atoms with Gasteiger partial charge in [0.2, 0.25) is 5.95 Å². The third-order valence-corrected chi connectivity index (χ3v) is 4.02. The molecule has 2 saturated heterocycles. The summed E-state index contributed by atoms with van der Waals surface area (Å²) in [4.78, 5) is 14.3. The van der Waals surface area contributed by atoms with E-state index in [-0.39, 0.29) is 5.54 Å². The first kappa shape index (κ1) is 14.4. The molecule has 2 fully saturated rings. The lowest BCUT2D eigenvalue weighted by Crippen LogP contribution is -2.29. The van der Waals surface area contributed by atoms with Gasteiger partial charge in [-0.05, 0) is 46.5 Å². The van der Waals surface area contributed by atoms with Crippen LogP contribution in [-0.2, 0) is 0 Å². The minimum absolute atomic E-state index is 0.0128. The summed E-state index contributed by atoms with van der Waals surface area (Å²) >= 11 is 0. The Hall–Kier alpha value is -1.52. The van der Waals surface area contributed by atoms with Crippen molar-refractivity contribution in [3.05, 3.63) is 6.07 Å². The molecule has 0 spiro atoms. The summed E-state index contributed by atoms with van der Waals surface area (Å²) in [5.41, 5.74) is 0.0128. The fourth-order valence-corrected chi connectivity index (χ4v) is 3.04. The highest BCUT2D eigenvalue weighted by Gasteiger charge is 2.21. The zero-order valence-corrected chi connectivity index (χ0v) is 13.5. The predicted octanol–water partition coefficient (Wildman–Crippen LogP) is 2.89. The van der Waals surface area contributed by atoms with Crippen LogP contribution in [0.3, 0.4) is 0 Å². The standard InChI is InChI=1S/C16H27N5/c1-16(2,3)19-13-12-14(20-8-4-5-9-20)18-15(17-13)21-10-6-7-11-21/h12H,4-11H2,1-3H3,(H,17,18,19). The fraction of sp³-hybridized carbons (Fsp3) is 0.750. The van der Waals surface area contributed by atoms with E-state index < -0.39 is 0 Å². The smallest absolute Gasteiger partial charge is 0.229 e. The minimum Gasteiger partial charge on any atom is -0.365 e. The van der Waals surface area contributed by atoms with Crippen LogP contribution in [0.15, 0.2) is 6.07 Å². The van der Waals surface area contributed by atoms with Gasteiger partial charge < -0.3 is 15.1 Å². The summed E-state index contributed by atoms with van der Waals surface area (Å²) in [5.74, 6) is 2.92. The van der Waals surface area contributed by atoms with Crippen molar-refractivity contribution in [2.24, 2.45) is 0 Å². The van der Waals surface area contributed by atoms with E-state index in [1.54, 1.807) is 0 Å². The Bertz CT molecular complexity index is 448. The van der Waals surface area contributed by atoms with Crippen LogP contribution in [-0.4, -0.2) is 41.7 Å². The van der Waals surface area contributed by atoms with Crippen molar-refractivity contribution in [1.29, 1.82) is 0 Å². The summed E-state index contributed by atoms with van der Waals surface area (Å²) in [6, 6.07) is 2.11. The van der Waals surface area contributed by atoms with Crippen LogP contribution in [0.4, 0.5) is 17.6 Å². The molecule has 116 valence electrons. The third-order valence-electron chi connectivity index (χ3n) is 4.02. The quantitative estimate of drug-likeness (QED) is 0.927. The summed E-state index contributed by atoms with van der Waals surface area (Å²) in [7, 11) is 0. The molecule has 2 aliphatic rings. The van der Waals surface area contributed by atoms with E-state index in [0.29, 0.717) is 0 Å². The highest BCUT2D eigenvalue weighted by atomic mass is 15.3. The summed E-state index contributed by atoms with van der Waals surface area (Å²) < 4.78 is 0. The maximum Gasteiger partial charge on any atom is 0.229 e. The van der Waals surface area contributed by atoms with Gasteiger partial charge in [-0.2, -0.15) is 9.97 Å². The van der Waals surface area contributed by atoms with Crippen molar-refractivity contribution >= 4 is 17.6 Å². The van der Waals surface area contributed by atoms with Gasteiger partial charge in [-0.25, -0.2) is 0 Å². The number of nitrogens with one attached hydrogen (secondary N) is 1. The first-order valence-corrected chi connectivity index (χ1v) is 8.18. The molecule has 2 aliphatic heterocycles. The molecule has 0 saturated carbocycles. The topological polar surface area (TPSA) is 44.3 Å². The van der Waals surface area contributed by atoms with E-state index in [2.05, 4.69) is 42.0 Å². The molecule has 1 N–H and O–H groups in total. The maximum atomic E-state index is 4.83. The number of aromatic nitrogens is 2. The highest BCUT2D eigenvalue weighted by Crippen LogP contribution is 2.26. The largest absolute Gasteiger partial charge is 0.365 e. The van der Waals surface area contributed by atoms with Gasteiger partial charge in [0.1, 0.15) is 11.6 Å². The third kappa shape index (κ3) is 3.57. The zero-order chi connectivity index (χ0) is 14.9. The Labute approximate surface area is 127 Å². The number of rotatable bonds is 3. The van der Waals surface area contributed by atoms with Gasteiger partial charge in [0.25, 0.3) is 0 Å². The van der Waals surface area contributed by atoms with E-state index in [0.717, 1.165) is 43.8 Å². The van der Waals surface area contributed by atoms with Gasteiger partial charge in [-0.1, -0.05) is 0 Å². The lowest BCUT2D eigenvalue weighted by atomic mass is 10.1. The highest BCUT2D eigenvalue weighted by molar-refractivity contribution is 5.55. The number of anilines is 3. The van der Waals surface area contributed by atoms with Crippen LogP contribution in [0, 0.1) is 0 Å². The average Bonchev–Trinajstić information content (AvgIpc) is 3.10. The van der Waals surface area contributed by atoms with Crippen molar-refractivity contribution in [3.63, 3.8) is 0 Å². The number of nitrogens with zero attached hydrogens (tertiary/aromatic N) is 4. The monoisotopic (exact) mass is 289 g/mol. The van der Waals surface area contributed by atoms with Gasteiger partial charge >= 0.3 is 0 Å². The predicted molar refractivity (Wildman–Crippen MR) is 88.3 cm³/mol. The van der Waals surface area contributed by atoms with Crippen LogP contribution in [0.25, 0.3) is 0 Å². The van der Waals surface area contributed by atoms with Crippen LogP contribution >= 0.6 is 0 Å². The maximum absolute atomic E-state index is 4.83. The molecule has 3 rings (SSSR count). The molecule has 5 nitrogen and oxygen atoms in total. The molecule has 3 heterocycles. The molecule has 1 aromatic rings. The Morgan fingerprint density at radius 3 is 2.05 bits per heavy atom. The molecule has 0 amide bonds. The van der Waals surface area contributed by atoms with Crippen LogP contribution in [0.1, 0.15) is 46.5 Å². The number of hydrogen-bond acceptors (Lipinski definition) is 5. The molecule has 21 heavy (non-hydrogen) atoms. The van der Waals surface area contributed by atoms with E-state index >= 15 is 0 Å². The second kappa shape index (κ2) is 5.70. The molecule has 0 aliphatic carbocycles. The van der Waals surface area contributed by atoms with Gasteiger partial charge in [-0.3, -0.25) is 0 Å². The molecule has 0 unspecified atom stereocenters. The average molecular weight is 289 g/mol. The van der Waals surface area contributed by atoms with Gasteiger partial charge in [0.15, 0.2) is 0 Å². The molecule has 0 aromatic carbocycles. The van der Waals surface area contributed by atoms with Gasteiger partial charge in [0, 0.05) is 37.8 Å². The van der Waals surface area contributed by atoms with Crippen molar-refractivity contribution in [2.75, 3.05) is 41.3 Å². The van der Waals surface area contributed by atoms with Gasteiger partial charge in [-0.15, -0.1) is 0 Å². The van der Waals surface area contributed by atoms with Crippen LogP contribution in [0.5, 0.6) is 0 Å². The second-order valence-electron chi connectivity index (χ2n) is 7.17. The second-order valence-corrected chi connectivity index (χ2v) is 7.17. The van der Waals surface area contributed by atoms with Crippen LogP contribution in [0.2, 0.25) is 0 Å². The summed E-state index contributed by atoms with van der Waals surface area (Å²) in [6.07, 6.45) is 5.04. The molecule has 0 bridgehead atoms. The molecule has 0 atom stereocenters. The Morgan fingerprint density at radius 2 is 1.48 bits per heavy atom. The zero-order valence-electron chi connectivity index (χ0n) is 13.5. The van der Waals surface area contributed by atoms with E-state index in [4.69, 9.17) is 9.97 Å². The van der Waals surface area contributed by atoms with E-state index in [1.165, 1.54) is 25.7 Å². The summed E-state index contributed by atoms with van der Waals surface area (Å²) in [5, 5.41) is 3.50. The first-order valence-electron chi connectivity index (χ1n) is 8.18. The lowest BCUT2D eigenvalue weighted by Gasteiger charge is -2.25. The normalized spacial score (nSPS) is 19.4. The van der Waals surface area contributed by atoms with Crippen LogP contribution < -0.4 is 15.1 Å². The Kier molecular flexibility index (Phi) is 3.91. The molecular weight excluding hydrogens is 262 g/mol. The Morgan fingerprint density at radius 1 is 0.905 bits per heavy atom. The number of hydrogen-bond donors (Lipinski definition) is 1. The van der Waals surface area contributed by atoms with Gasteiger partial charge in [0.05, 0.1) is 0 Å². The molecular formula is C16H27N5. The first-order chi connectivity index (χ1) is 10.0. The van der Waals surface area contributed by atoms with E-state index in [9.17, 15) is 0 Å². The SMILES string of the molecule is CC(C)(C)Nc1cc(N2CCCC2)nc(N2CCCC2)n1. The summed E-state index contributed by atoms with van der Waals surface area (Å²) in [6.45, 7) is 10.9. The lowest BCUT2D eigenvalue weighted by molar-refractivity contribution is 0.629.